The molecule has 3 nitrogen and oxygen atoms in total. The van der Waals surface area contributed by atoms with Crippen LogP contribution in [0.15, 0.2) is 12.4 Å². The number of aromatic nitrogens is 2. The first kappa shape index (κ1) is 6.85. The topological polar surface area (TPSA) is 40.7 Å². The Balaban J connectivity index is 2.04. The molecule has 1 aromatic heterocycles. The summed E-state index contributed by atoms with van der Waals surface area (Å²) in [5.74, 6) is 1.09. The van der Waals surface area contributed by atoms with E-state index < -0.39 is 0 Å². The summed E-state index contributed by atoms with van der Waals surface area (Å²) in [7, 11) is 0. The first-order valence-corrected chi connectivity index (χ1v) is 4.19. The van der Waals surface area contributed by atoms with E-state index in [4.69, 9.17) is 0 Å². The smallest absolute Gasteiger partial charge is 0.123 e. The molecule has 0 amide bonds. The van der Waals surface area contributed by atoms with E-state index in [1.54, 1.807) is 0 Å². The van der Waals surface area contributed by atoms with E-state index in [1.165, 1.54) is 19.3 Å². The molecule has 2 rings (SSSR count). The van der Waals surface area contributed by atoms with E-state index in [9.17, 15) is 0 Å². The second kappa shape index (κ2) is 3.05. The summed E-state index contributed by atoms with van der Waals surface area (Å²) in [5.41, 5.74) is 0. The fraction of sp³-hybridized carbons (Fsp3) is 0.625. The fourth-order valence-electron chi connectivity index (χ4n) is 1.55. The molecule has 1 atom stereocenters. The van der Waals surface area contributed by atoms with Crippen LogP contribution in [-0.2, 0) is 0 Å². The molecule has 1 aliphatic heterocycles. The van der Waals surface area contributed by atoms with Gasteiger partial charge in [0, 0.05) is 12.4 Å². The lowest BCUT2D eigenvalue weighted by Crippen LogP contribution is -2.27. The predicted molar refractivity (Wildman–Crippen MR) is 43.2 cm³/mol. The minimum Gasteiger partial charge on any atom is -0.347 e. The molecule has 1 saturated heterocycles. The van der Waals surface area contributed by atoms with E-state index in [1.807, 2.05) is 12.4 Å². The van der Waals surface area contributed by atoms with Gasteiger partial charge >= 0.3 is 0 Å². The molecule has 1 aliphatic rings. The Morgan fingerprint density at radius 3 is 3.09 bits per heavy atom. The molecule has 0 aromatic carbocycles. The summed E-state index contributed by atoms with van der Waals surface area (Å²) < 4.78 is 0. The molecule has 1 aromatic rings. The molecule has 0 unspecified atom stereocenters. The highest BCUT2D eigenvalue weighted by Crippen LogP contribution is 2.18. The van der Waals surface area contributed by atoms with Crippen molar-refractivity contribution in [2.24, 2.45) is 0 Å². The highest BCUT2D eigenvalue weighted by atomic mass is 15.0. The molecule has 2 heterocycles. The molecular weight excluding hydrogens is 138 g/mol. The van der Waals surface area contributed by atoms with Gasteiger partial charge in [0.05, 0.1) is 6.04 Å². The lowest BCUT2D eigenvalue weighted by atomic mass is 10.0. The van der Waals surface area contributed by atoms with E-state index in [-0.39, 0.29) is 0 Å². The van der Waals surface area contributed by atoms with Crippen LogP contribution in [0.2, 0.25) is 0 Å². The van der Waals surface area contributed by atoms with Gasteiger partial charge in [-0.05, 0) is 19.4 Å². The van der Waals surface area contributed by atoms with Crippen molar-refractivity contribution in [1.82, 2.24) is 15.3 Å². The van der Waals surface area contributed by atoms with Crippen molar-refractivity contribution < 1.29 is 0 Å². The molecule has 0 saturated carbocycles. The Hall–Kier alpha value is -0.830. The van der Waals surface area contributed by atoms with Crippen molar-refractivity contribution >= 4 is 0 Å². The maximum atomic E-state index is 4.22. The monoisotopic (exact) mass is 151 g/mol. The van der Waals surface area contributed by atoms with Gasteiger partial charge in [-0.25, -0.2) is 4.98 Å². The fourth-order valence-corrected chi connectivity index (χ4v) is 1.55. The molecule has 11 heavy (non-hydrogen) atoms. The summed E-state index contributed by atoms with van der Waals surface area (Å²) in [6, 6.07) is 0.471. The molecule has 60 valence electrons. The van der Waals surface area contributed by atoms with E-state index >= 15 is 0 Å². The molecule has 1 fully saturated rings. The van der Waals surface area contributed by atoms with Crippen molar-refractivity contribution in [3.8, 4) is 0 Å². The number of nitrogens with zero attached hydrogens (tertiary/aromatic N) is 1. The van der Waals surface area contributed by atoms with Crippen molar-refractivity contribution in [3.63, 3.8) is 0 Å². The van der Waals surface area contributed by atoms with Crippen LogP contribution < -0.4 is 5.32 Å². The van der Waals surface area contributed by atoms with Crippen molar-refractivity contribution in [1.29, 1.82) is 0 Å². The molecule has 0 bridgehead atoms. The van der Waals surface area contributed by atoms with Gasteiger partial charge in [0.25, 0.3) is 0 Å². The average Bonchev–Trinajstić information content (AvgIpc) is 2.58. The van der Waals surface area contributed by atoms with Gasteiger partial charge in [-0.3, -0.25) is 0 Å². The number of nitrogens with one attached hydrogen (secondary N) is 2. The van der Waals surface area contributed by atoms with Crippen LogP contribution in [0.5, 0.6) is 0 Å². The molecule has 2 N–H and O–H groups in total. The third-order valence-electron chi connectivity index (χ3n) is 2.16. The number of H-pyrrole nitrogens is 1. The van der Waals surface area contributed by atoms with Gasteiger partial charge in [0.2, 0.25) is 0 Å². The lowest BCUT2D eigenvalue weighted by Gasteiger charge is -2.21. The lowest BCUT2D eigenvalue weighted by molar-refractivity contribution is 0.399. The van der Waals surface area contributed by atoms with Gasteiger partial charge in [0.15, 0.2) is 0 Å². The van der Waals surface area contributed by atoms with Crippen LogP contribution in [0.25, 0.3) is 0 Å². The Labute approximate surface area is 66.2 Å². The summed E-state index contributed by atoms with van der Waals surface area (Å²) in [6.45, 7) is 1.13. The van der Waals surface area contributed by atoms with Gasteiger partial charge in [-0.15, -0.1) is 0 Å². The number of imidazole rings is 1. The van der Waals surface area contributed by atoms with E-state index in [2.05, 4.69) is 15.3 Å². The summed E-state index contributed by atoms with van der Waals surface area (Å²) in [4.78, 5) is 7.36. The molecular formula is C8H13N3. The molecule has 3 heteroatoms. The zero-order valence-electron chi connectivity index (χ0n) is 6.51. The number of hydrogen-bond donors (Lipinski definition) is 2. The summed E-state index contributed by atoms with van der Waals surface area (Å²) in [5, 5.41) is 3.43. The van der Waals surface area contributed by atoms with Gasteiger partial charge in [-0.1, -0.05) is 6.42 Å². The maximum absolute atomic E-state index is 4.22. The zero-order chi connectivity index (χ0) is 7.52. The second-order valence-corrected chi connectivity index (χ2v) is 2.98. The van der Waals surface area contributed by atoms with Crippen molar-refractivity contribution in [2.75, 3.05) is 6.54 Å². The number of hydrogen-bond acceptors (Lipinski definition) is 2. The first-order valence-electron chi connectivity index (χ1n) is 4.19. The SMILES string of the molecule is c1c[nH]c([C@@H]2CCCCN2)n1. The van der Waals surface area contributed by atoms with Gasteiger partial charge < -0.3 is 10.3 Å². The third-order valence-corrected chi connectivity index (χ3v) is 2.16. The van der Waals surface area contributed by atoms with Crippen LogP contribution in [-0.4, -0.2) is 16.5 Å². The maximum Gasteiger partial charge on any atom is 0.123 e. The number of piperidine rings is 1. The Morgan fingerprint density at radius 1 is 1.45 bits per heavy atom. The standard InChI is InChI=1S/C8H13N3/c1-2-4-9-7(3-1)8-10-5-6-11-8/h5-7,9H,1-4H2,(H,10,11)/t7-/m0/s1. The highest BCUT2D eigenvalue weighted by molar-refractivity contribution is 4.96. The van der Waals surface area contributed by atoms with Crippen molar-refractivity contribution in [3.05, 3.63) is 18.2 Å². The molecule has 0 aliphatic carbocycles. The van der Waals surface area contributed by atoms with Gasteiger partial charge in [-0.2, -0.15) is 0 Å². The van der Waals surface area contributed by atoms with Crippen LogP contribution >= 0.6 is 0 Å². The average molecular weight is 151 g/mol. The van der Waals surface area contributed by atoms with Crippen LogP contribution in [0.1, 0.15) is 31.1 Å². The zero-order valence-corrected chi connectivity index (χ0v) is 6.51. The number of aromatic amines is 1. The minimum atomic E-state index is 0.471. The number of rotatable bonds is 1. The summed E-state index contributed by atoms with van der Waals surface area (Å²) >= 11 is 0. The van der Waals surface area contributed by atoms with Crippen LogP contribution in [0.3, 0.4) is 0 Å². The van der Waals surface area contributed by atoms with Crippen LogP contribution in [0, 0.1) is 0 Å². The first-order chi connectivity index (χ1) is 5.47. The third kappa shape index (κ3) is 1.43. The minimum absolute atomic E-state index is 0.471. The Bertz CT molecular complexity index is 199. The van der Waals surface area contributed by atoms with Crippen LogP contribution in [0.4, 0.5) is 0 Å². The van der Waals surface area contributed by atoms with Gasteiger partial charge in [0.1, 0.15) is 5.82 Å². The second-order valence-electron chi connectivity index (χ2n) is 2.98. The largest absolute Gasteiger partial charge is 0.347 e. The predicted octanol–water partition coefficient (Wildman–Crippen LogP) is 1.22. The molecule has 0 radical (unpaired) electrons. The van der Waals surface area contributed by atoms with Crippen molar-refractivity contribution in [2.45, 2.75) is 25.3 Å². The van der Waals surface area contributed by atoms with E-state index in [0.29, 0.717) is 6.04 Å². The summed E-state index contributed by atoms with van der Waals surface area (Å²) in [6.07, 6.45) is 7.53. The quantitative estimate of drug-likeness (QED) is 0.633. The molecule has 0 spiro atoms. The Kier molecular flexibility index (Phi) is 1.90. The highest BCUT2D eigenvalue weighted by Gasteiger charge is 2.15. The van der Waals surface area contributed by atoms with E-state index in [0.717, 1.165) is 12.4 Å². The normalized spacial score (nSPS) is 25.3. The Morgan fingerprint density at radius 2 is 2.45 bits per heavy atom.